The zero-order chi connectivity index (χ0) is 13.7. The van der Waals surface area contributed by atoms with Gasteiger partial charge < -0.3 is 0 Å². The summed E-state index contributed by atoms with van der Waals surface area (Å²) in [5.41, 5.74) is 3.57. The predicted octanol–water partition coefficient (Wildman–Crippen LogP) is 3.31. The Labute approximate surface area is 135 Å². The van der Waals surface area contributed by atoms with E-state index in [1.807, 2.05) is 30.3 Å². The molecule has 0 radical (unpaired) electrons. The van der Waals surface area contributed by atoms with Gasteiger partial charge in [0.15, 0.2) is 5.52 Å². The van der Waals surface area contributed by atoms with Crippen LogP contribution in [0.4, 0.5) is 0 Å². The summed E-state index contributed by atoms with van der Waals surface area (Å²) < 4.78 is 0. The average molecular weight is 278 g/mol. The van der Waals surface area contributed by atoms with E-state index in [1.54, 1.807) is 0 Å². The Morgan fingerprint density at radius 3 is 1.95 bits per heavy atom. The fourth-order valence-corrected chi connectivity index (χ4v) is 3.32. The van der Waals surface area contributed by atoms with Crippen LogP contribution < -0.4 is 5.30 Å². The first-order valence-electron chi connectivity index (χ1n) is 6.73. The van der Waals surface area contributed by atoms with Crippen LogP contribution in [0.3, 0.4) is 0 Å². The molecule has 0 aliphatic heterocycles. The van der Waals surface area contributed by atoms with Gasteiger partial charge in [0.1, 0.15) is 0 Å². The van der Waals surface area contributed by atoms with Crippen molar-refractivity contribution in [3.05, 3.63) is 65.2 Å². The standard InChI is InChI=1S/C17H19OP.Li.H/c1-3-13-9-8-10-14(4-2)16(13)17(18)19-15-11-6-5-7-12-15;;/h5-12,19H,3-4H2,1-2H3;;. The molecule has 0 N–H and O–H groups in total. The van der Waals surface area contributed by atoms with Gasteiger partial charge in [0, 0.05) is 5.56 Å². The van der Waals surface area contributed by atoms with Crippen molar-refractivity contribution in [3.8, 4) is 0 Å². The van der Waals surface area contributed by atoms with Crippen molar-refractivity contribution < 1.29 is 4.79 Å². The third-order valence-corrected chi connectivity index (χ3v) is 4.36. The van der Waals surface area contributed by atoms with E-state index in [1.165, 1.54) is 11.1 Å². The normalized spacial score (nSPS) is 10.5. The van der Waals surface area contributed by atoms with E-state index >= 15 is 0 Å². The van der Waals surface area contributed by atoms with Gasteiger partial charge >= 0.3 is 18.9 Å². The zero-order valence-electron chi connectivity index (χ0n) is 11.4. The molecule has 0 aliphatic carbocycles. The van der Waals surface area contributed by atoms with Crippen molar-refractivity contribution in [1.29, 1.82) is 0 Å². The van der Waals surface area contributed by atoms with Crippen LogP contribution in [0.15, 0.2) is 48.5 Å². The Balaban J connectivity index is 0.00000200. The van der Waals surface area contributed by atoms with Gasteiger partial charge in [-0.3, -0.25) is 4.79 Å². The Kier molecular flexibility index (Phi) is 7.25. The molecule has 1 nitrogen and oxygen atoms in total. The number of hydrogen-bond donors (Lipinski definition) is 0. The number of benzene rings is 2. The van der Waals surface area contributed by atoms with Gasteiger partial charge in [0.05, 0.1) is 0 Å². The Bertz CT molecular complexity index is 544. The molecule has 2 aromatic rings. The van der Waals surface area contributed by atoms with E-state index in [4.69, 9.17) is 0 Å². The van der Waals surface area contributed by atoms with Crippen LogP contribution in [0.2, 0.25) is 0 Å². The van der Waals surface area contributed by atoms with Crippen molar-refractivity contribution in [2.75, 3.05) is 0 Å². The van der Waals surface area contributed by atoms with E-state index in [-0.39, 0.29) is 33.0 Å². The minimum absolute atomic E-state index is 0. The van der Waals surface area contributed by atoms with E-state index in [0.717, 1.165) is 23.7 Å². The quantitative estimate of drug-likeness (QED) is 0.606. The van der Waals surface area contributed by atoms with Crippen molar-refractivity contribution in [3.63, 3.8) is 0 Å². The van der Waals surface area contributed by atoms with Crippen LogP contribution in [0, 0.1) is 0 Å². The summed E-state index contributed by atoms with van der Waals surface area (Å²) in [6.07, 6.45) is 1.82. The van der Waals surface area contributed by atoms with Crippen LogP contribution in [-0.4, -0.2) is 24.4 Å². The molecule has 2 aromatic carbocycles. The second-order valence-corrected chi connectivity index (χ2v) is 5.76. The molecule has 0 saturated heterocycles. The molecule has 0 aromatic heterocycles. The van der Waals surface area contributed by atoms with E-state index < -0.39 is 0 Å². The zero-order valence-corrected chi connectivity index (χ0v) is 12.4. The SMILES string of the molecule is CCc1cccc(CC)c1C(=O)Pc1ccccc1.[LiH]. The number of rotatable bonds is 5. The van der Waals surface area contributed by atoms with Gasteiger partial charge in [0.25, 0.3) is 0 Å². The predicted molar refractivity (Wildman–Crippen MR) is 91.1 cm³/mol. The van der Waals surface area contributed by atoms with Crippen molar-refractivity contribution in [1.82, 2.24) is 0 Å². The van der Waals surface area contributed by atoms with E-state index in [9.17, 15) is 4.79 Å². The topological polar surface area (TPSA) is 17.1 Å². The van der Waals surface area contributed by atoms with Crippen LogP contribution in [-0.2, 0) is 12.8 Å². The van der Waals surface area contributed by atoms with Gasteiger partial charge in [-0.15, -0.1) is 0 Å². The monoisotopic (exact) mass is 278 g/mol. The summed E-state index contributed by atoms with van der Waals surface area (Å²) in [7, 11) is 0.216. The molecule has 0 amide bonds. The molecule has 1 atom stereocenters. The molecule has 1 unspecified atom stereocenters. The number of carbonyl (C=O) groups is 1. The van der Waals surface area contributed by atoms with Crippen LogP contribution in [0.5, 0.6) is 0 Å². The number of aryl methyl sites for hydroxylation is 2. The Hall–Kier alpha value is -0.863. The van der Waals surface area contributed by atoms with E-state index in [0.29, 0.717) is 0 Å². The maximum atomic E-state index is 12.6. The fourth-order valence-electron chi connectivity index (χ4n) is 2.25. The molecule has 0 bridgehead atoms. The van der Waals surface area contributed by atoms with E-state index in [2.05, 4.69) is 32.0 Å². The van der Waals surface area contributed by atoms with Crippen molar-refractivity contribution in [2.24, 2.45) is 0 Å². The maximum absolute atomic E-state index is 12.6. The average Bonchev–Trinajstić information content (AvgIpc) is 2.47. The second kappa shape index (κ2) is 8.43. The Morgan fingerprint density at radius 1 is 0.900 bits per heavy atom. The molecule has 100 valence electrons. The summed E-state index contributed by atoms with van der Waals surface area (Å²) in [5.74, 6) is 0. The third-order valence-electron chi connectivity index (χ3n) is 3.26. The van der Waals surface area contributed by atoms with Gasteiger partial charge in [-0.2, -0.15) is 0 Å². The molecule has 3 heteroatoms. The van der Waals surface area contributed by atoms with Gasteiger partial charge in [0.2, 0.25) is 0 Å². The molecular formula is C17H20LiOP. The summed E-state index contributed by atoms with van der Waals surface area (Å²) in [5, 5.41) is 1.11. The second-order valence-electron chi connectivity index (χ2n) is 4.48. The van der Waals surface area contributed by atoms with Crippen LogP contribution in [0.1, 0.15) is 35.3 Å². The van der Waals surface area contributed by atoms with Gasteiger partial charge in [-0.1, -0.05) is 62.4 Å². The molecule has 0 aliphatic rings. The first kappa shape index (κ1) is 17.2. The first-order chi connectivity index (χ1) is 9.26. The van der Waals surface area contributed by atoms with Gasteiger partial charge in [-0.05, 0) is 37.9 Å². The van der Waals surface area contributed by atoms with Gasteiger partial charge in [-0.25, -0.2) is 0 Å². The van der Waals surface area contributed by atoms with Crippen LogP contribution >= 0.6 is 8.58 Å². The molecule has 0 saturated carbocycles. The molecule has 2 rings (SSSR count). The molecule has 0 fully saturated rings. The molecule has 20 heavy (non-hydrogen) atoms. The molecule has 0 heterocycles. The minimum atomic E-state index is 0. The number of carbonyl (C=O) groups excluding carboxylic acids is 1. The van der Waals surface area contributed by atoms with Crippen molar-refractivity contribution >= 4 is 38.3 Å². The molecular weight excluding hydrogens is 258 g/mol. The summed E-state index contributed by atoms with van der Waals surface area (Å²) in [4.78, 5) is 12.6. The van der Waals surface area contributed by atoms with Crippen LogP contribution in [0.25, 0.3) is 0 Å². The first-order valence-corrected chi connectivity index (χ1v) is 7.73. The fraction of sp³-hybridized carbons (Fsp3) is 0.235. The van der Waals surface area contributed by atoms with Crippen molar-refractivity contribution in [2.45, 2.75) is 26.7 Å². The summed E-state index contributed by atoms with van der Waals surface area (Å²) in [6.45, 7) is 4.22. The Morgan fingerprint density at radius 2 is 1.45 bits per heavy atom. The number of hydrogen-bond acceptors (Lipinski definition) is 1. The summed E-state index contributed by atoms with van der Waals surface area (Å²) in [6, 6.07) is 16.2. The summed E-state index contributed by atoms with van der Waals surface area (Å²) >= 11 is 0. The third kappa shape index (κ3) is 4.06. The molecule has 0 spiro atoms.